The zero-order valence-corrected chi connectivity index (χ0v) is 7.28. The fourth-order valence-electron chi connectivity index (χ4n) is 0.862. The van der Waals surface area contributed by atoms with E-state index in [2.05, 4.69) is 5.32 Å². The van der Waals surface area contributed by atoms with Crippen molar-refractivity contribution in [3.8, 4) is 0 Å². The predicted octanol–water partition coefficient (Wildman–Crippen LogP) is 0.992. The topological polar surface area (TPSA) is 58.6 Å². The Morgan fingerprint density at radius 2 is 2.46 bits per heavy atom. The molecule has 70 valence electrons. The Balaban J connectivity index is 2.79. The van der Waals surface area contributed by atoms with Gasteiger partial charge in [0.05, 0.1) is 6.61 Å². The predicted molar refractivity (Wildman–Crippen MR) is 47.7 cm³/mol. The number of aliphatic hydroxyl groups excluding tert-OH is 1. The van der Waals surface area contributed by atoms with Crippen molar-refractivity contribution in [1.29, 1.82) is 0 Å². The molecule has 1 heterocycles. The molecule has 0 saturated heterocycles. The van der Waals surface area contributed by atoms with Crippen LogP contribution in [0.25, 0.3) is 0 Å². The van der Waals surface area contributed by atoms with Crippen molar-refractivity contribution in [2.75, 3.05) is 6.61 Å². The number of hydrogen-bond donors (Lipinski definition) is 2. The molecular formula is C9H11NO3. The van der Waals surface area contributed by atoms with E-state index < -0.39 is 5.97 Å². The summed E-state index contributed by atoms with van der Waals surface area (Å²) < 4.78 is 4.73. The van der Waals surface area contributed by atoms with Gasteiger partial charge in [0.1, 0.15) is 11.3 Å². The van der Waals surface area contributed by atoms with Crippen molar-refractivity contribution in [2.24, 2.45) is 0 Å². The van der Waals surface area contributed by atoms with Crippen LogP contribution in [0, 0.1) is 0 Å². The van der Waals surface area contributed by atoms with Crippen LogP contribution in [0.15, 0.2) is 35.9 Å². The van der Waals surface area contributed by atoms with E-state index in [-0.39, 0.29) is 17.9 Å². The Kier molecular flexibility index (Phi) is 3.14. The first-order chi connectivity index (χ1) is 6.25. The molecule has 4 heteroatoms. The fourth-order valence-corrected chi connectivity index (χ4v) is 0.862. The molecular weight excluding hydrogens is 170 g/mol. The molecule has 0 bridgehead atoms. The van der Waals surface area contributed by atoms with E-state index in [0.717, 1.165) is 0 Å². The normalized spacial score (nSPS) is 15.2. The lowest BCUT2D eigenvalue weighted by Crippen LogP contribution is -2.11. The molecule has 13 heavy (non-hydrogen) atoms. The summed E-state index contributed by atoms with van der Waals surface area (Å²) in [5, 5.41) is 12.1. The summed E-state index contributed by atoms with van der Waals surface area (Å²) in [5.74, 6) is -0.632. The van der Waals surface area contributed by atoms with Gasteiger partial charge in [-0.1, -0.05) is 0 Å². The van der Waals surface area contributed by atoms with Crippen molar-refractivity contribution in [2.45, 2.75) is 6.92 Å². The monoisotopic (exact) mass is 181 g/mol. The summed E-state index contributed by atoms with van der Waals surface area (Å²) in [7, 11) is 0. The Labute approximate surface area is 76.2 Å². The molecule has 2 N–H and O–H groups in total. The van der Waals surface area contributed by atoms with Crippen LogP contribution < -0.4 is 5.32 Å². The molecule has 4 nitrogen and oxygen atoms in total. The lowest BCUT2D eigenvalue weighted by molar-refractivity contribution is -0.138. The van der Waals surface area contributed by atoms with Crippen LogP contribution in [0.2, 0.25) is 0 Å². The van der Waals surface area contributed by atoms with E-state index in [4.69, 9.17) is 4.74 Å². The zero-order valence-electron chi connectivity index (χ0n) is 7.28. The number of ether oxygens (including phenoxy) is 1. The smallest absolute Gasteiger partial charge is 0.343 e. The highest BCUT2D eigenvalue weighted by molar-refractivity contribution is 5.92. The van der Waals surface area contributed by atoms with E-state index in [1.54, 1.807) is 19.2 Å². The van der Waals surface area contributed by atoms with Crippen LogP contribution in [-0.4, -0.2) is 17.7 Å². The third-order valence-corrected chi connectivity index (χ3v) is 1.45. The lowest BCUT2D eigenvalue weighted by Gasteiger charge is -2.04. The van der Waals surface area contributed by atoms with Gasteiger partial charge in [0.25, 0.3) is 0 Å². The number of esters is 1. The Hall–Kier alpha value is -1.71. The van der Waals surface area contributed by atoms with Gasteiger partial charge in [0.15, 0.2) is 0 Å². The number of rotatable bonds is 2. The largest absolute Gasteiger partial charge is 0.507 e. The van der Waals surface area contributed by atoms with Crippen LogP contribution in [-0.2, 0) is 9.53 Å². The SMILES string of the molecule is CCOC(=O)C1=CNC=CC=C1O. The number of hydrogen-bond acceptors (Lipinski definition) is 4. The maximum atomic E-state index is 11.2. The molecule has 0 fully saturated rings. The summed E-state index contributed by atoms with van der Waals surface area (Å²) in [5.41, 5.74) is 0.131. The Morgan fingerprint density at radius 3 is 3.15 bits per heavy atom. The number of carbonyl (C=O) groups excluding carboxylic acids is 1. The van der Waals surface area contributed by atoms with E-state index in [0.29, 0.717) is 0 Å². The molecule has 0 amide bonds. The van der Waals surface area contributed by atoms with Gasteiger partial charge in [-0.05, 0) is 19.1 Å². The average Bonchev–Trinajstić information content (AvgIpc) is 2.30. The van der Waals surface area contributed by atoms with Crippen molar-refractivity contribution in [3.05, 3.63) is 35.9 Å². The molecule has 0 radical (unpaired) electrons. The van der Waals surface area contributed by atoms with Crippen molar-refractivity contribution < 1.29 is 14.6 Å². The minimum atomic E-state index is -0.535. The second-order valence-electron chi connectivity index (χ2n) is 2.36. The second kappa shape index (κ2) is 4.35. The molecule has 0 atom stereocenters. The number of allylic oxidation sites excluding steroid dienone is 2. The first-order valence-electron chi connectivity index (χ1n) is 3.95. The van der Waals surface area contributed by atoms with Crippen LogP contribution in [0.3, 0.4) is 0 Å². The quantitative estimate of drug-likeness (QED) is 0.624. The highest BCUT2D eigenvalue weighted by Crippen LogP contribution is 2.09. The molecule has 1 aliphatic rings. The van der Waals surface area contributed by atoms with E-state index >= 15 is 0 Å². The van der Waals surface area contributed by atoms with Gasteiger partial charge in [-0.3, -0.25) is 0 Å². The minimum absolute atomic E-state index is 0.0975. The zero-order chi connectivity index (χ0) is 9.68. The van der Waals surface area contributed by atoms with Crippen LogP contribution in [0.1, 0.15) is 6.92 Å². The Morgan fingerprint density at radius 1 is 1.69 bits per heavy atom. The summed E-state index contributed by atoms with van der Waals surface area (Å²) >= 11 is 0. The van der Waals surface area contributed by atoms with Gasteiger partial charge in [0, 0.05) is 12.4 Å². The third-order valence-electron chi connectivity index (χ3n) is 1.45. The summed E-state index contributed by atoms with van der Waals surface area (Å²) in [6.07, 6.45) is 6.01. The van der Waals surface area contributed by atoms with Gasteiger partial charge in [-0.2, -0.15) is 0 Å². The number of aliphatic hydroxyl groups is 1. The van der Waals surface area contributed by atoms with Crippen LogP contribution in [0.5, 0.6) is 0 Å². The van der Waals surface area contributed by atoms with Crippen molar-refractivity contribution >= 4 is 5.97 Å². The first kappa shape index (κ1) is 9.38. The highest BCUT2D eigenvalue weighted by Gasteiger charge is 2.14. The molecule has 0 saturated carbocycles. The average molecular weight is 181 g/mol. The molecule has 0 aliphatic carbocycles. The van der Waals surface area contributed by atoms with Gasteiger partial charge in [-0.15, -0.1) is 0 Å². The van der Waals surface area contributed by atoms with Crippen molar-refractivity contribution in [3.63, 3.8) is 0 Å². The molecule has 0 aromatic rings. The fraction of sp³-hybridized carbons (Fsp3) is 0.222. The molecule has 0 unspecified atom stereocenters. The molecule has 1 aliphatic heterocycles. The summed E-state index contributed by atoms with van der Waals surface area (Å²) in [4.78, 5) is 11.2. The number of carbonyl (C=O) groups is 1. The van der Waals surface area contributed by atoms with Gasteiger partial charge in [0.2, 0.25) is 0 Å². The number of nitrogens with one attached hydrogen (secondary N) is 1. The van der Waals surface area contributed by atoms with E-state index in [1.165, 1.54) is 12.3 Å². The van der Waals surface area contributed by atoms with Gasteiger partial charge >= 0.3 is 5.97 Å². The van der Waals surface area contributed by atoms with E-state index in [9.17, 15) is 9.90 Å². The minimum Gasteiger partial charge on any atom is -0.507 e. The Bertz CT molecular complexity index is 289. The lowest BCUT2D eigenvalue weighted by atomic mass is 10.2. The maximum absolute atomic E-state index is 11.2. The third kappa shape index (κ3) is 2.37. The van der Waals surface area contributed by atoms with Gasteiger partial charge in [-0.25, -0.2) is 4.79 Å². The summed E-state index contributed by atoms with van der Waals surface area (Å²) in [6.45, 7) is 2.00. The standard InChI is InChI=1S/C9H11NO3/c1-2-13-9(12)7-6-10-5-3-4-8(7)11/h3-6,10-11H,2H2,1H3. The van der Waals surface area contributed by atoms with Crippen LogP contribution >= 0.6 is 0 Å². The molecule has 0 aromatic heterocycles. The molecule has 0 aromatic carbocycles. The first-order valence-corrected chi connectivity index (χ1v) is 3.95. The molecule has 0 spiro atoms. The summed E-state index contributed by atoms with van der Waals surface area (Å²) in [6, 6.07) is 0. The molecule has 1 rings (SSSR count). The second-order valence-corrected chi connectivity index (χ2v) is 2.36. The highest BCUT2D eigenvalue weighted by atomic mass is 16.5. The maximum Gasteiger partial charge on any atom is 0.343 e. The van der Waals surface area contributed by atoms with Crippen molar-refractivity contribution in [1.82, 2.24) is 5.32 Å². The van der Waals surface area contributed by atoms with Gasteiger partial charge < -0.3 is 15.2 Å². The van der Waals surface area contributed by atoms with Crippen LogP contribution in [0.4, 0.5) is 0 Å². The van der Waals surface area contributed by atoms with E-state index in [1.807, 2.05) is 0 Å².